The first-order valence-electron chi connectivity index (χ1n) is 20.3. The van der Waals surface area contributed by atoms with Gasteiger partial charge in [0.05, 0.1) is 0 Å². The van der Waals surface area contributed by atoms with Gasteiger partial charge in [0.25, 0.3) is 0 Å². The molecule has 0 aliphatic heterocycles. The predicted octanol–water partition coefficient (Wildman–Crippen LogP) is 15.1. The van der Waals surface area contributed by atoms with Crippen molar-refractivity contribution in [2.75, 3.05) is 9.80 Å². The molecule has 2 aliphatic carbocycles. The number of anilines is 6. The van der Waals surface area contributed by atoms with Crippen molar-refractivity contribution in [1.29, 1.82) is 0 Å². The van der Waals surface area contributed by atoms with Gasteiger partial charge in [0.15, 0.2) is 0 Å². The van der Waals surface area contributed by atoms with Crippen LogP contribution in [0.15, 0.2) is 206 Å². The number of para-hydroxylation sites is 2. The molecule has 0 heterocycles. The first-order valence-corrected chi connectivity index (χ1v) is 20.3. The van der Waals surface area contributed by atoms with Gasteiger partial charge in [-0.05, 0) is 155 Å². The van der Waals surface area contributed by atoms with Crippen molar-refractivity contribution < 1.29 is 0 Å². The average Bonchev–Trinajstić information content (AvgIpc) is 3.23. The lowest BCUT2D eigenvalue weighted by Crippen LogP contribution is -2.20. The summed E-state index contributed by atoms with van der Waals surface area (Å²) in [5, 5.41) is 2.43. The molecule has 0 amide bonds. The zero-order valence-corrected chi connectivity index (χ0v) is 31.7. The third-order valence-electron chi connectivity index (χ3n) is 12.4. The Bertz CT molecular complexity index is 2340. The molecule has 0 N–H and O–H groups in total. The topological polar surface area (TPSA) is 6.48 Å². The number of benzene rings is 8. The molecule has 2 saturated carbocycles. The minimum Gasteiger partial charge on any atom is -0.310 e. The summed E-state index contributed by atoms with van der Waals surface area (Å²) in [4.78, 5) is 4.76. The summed E-state index contributed by atoms with van der Waals surface area (Å²) >= 11 is 0. The molecule has 10 rings (SSSR count). The fraction of sp³-hybridized carbons (Fsp3) is 0.148. The third-order valence-corrected chi connectivity index (χ3v) is 12.4. The summed E-state index contributed by atoms with van der Waals surface area (Å²) in [6.07, 6.45) is 4.89. The molecule has 2 heteroatoms. The highest BCUT2D eigenvalue weighted by atomic mass is 15.1. The van der Waals surface area contributed by atoms with E-state index in [1.807, 2.05) is 0 Å². The van der Waals surface area contributed by atoms with Gasteiger partial charge in [-0.1, -0.05) is 133 Å². The highest BCUT2D eigenvalue weighted by Gasteiger charge is 2.32. The number of hydrogen-bond donors (Lipinski definition) is 0. The Morgan fingerprint density at radius 3 is 0.857 bits per heavy atom. The second kappa shape index (κ2) is 15.0. The number of rotatable bonds is 10. The van der Waals surface area contributed by atoms with Crippen LogP contribution >= 0.6 is 0 Å². The highest BCUT2D eigenvalue weighted by molar-refractivity contribution is 5.93. The van der Waals surface area contributed by atoms with E-state index in [4.69, 9.17) is 0 Å². The van der Waals surface area contributed by atoms with Gasteiger partial charge in [-0.25, -0.2) is 0 Å². The quantitative estimate of drug-likeness (QED) is 0.139. The summed E-state index contributed by atoms with van der Waals surface area (Å²) in [6, 6.07) is 75.9. The van der Waals surface area contributed by atoms with Crippen molar-refractivity contribution in [2.24, 2.45) is 0 Å². The van der Waals surface area contributed by atoms with Crippen LogP contribution in [-0.2, 0) is 0 Å². The smallest absolute Gasteiger partial charge is 0.0468 e. The van der Waals surface area contributed by atoms with E-state index in [1.165, 1.54) is 70.1 Å². The lowest BCUT2D eigenvalue weighted by atomic mass is 9.68. The normalized spacial score (nSPS) is 18.8. The Morgan fingerprint density at radius 1 is 0.250 bits per heavy atom. The minimum absolute atomic E-state index is 0.623. The molecule has 8 aromatic carbocycles. The van der Waals surface area contributed by atoms with E-state index in [0.29, 0.717) is 23.7 Å². The molecule has 0 saturated heterocycles. The van der Waals surface area contributed by atoms with Crippen molar-refractivity contribution in [2.45, 2.75) is 49.4 Å². The average molecular weight is 723 g/mol. The van der Waals surface area contributed by atoms with Crippen LogP contribution in [0.3, 0.4) is 0 Å². The van der Waals surface area contributed by atoms with Crippen LogP contribution in [0, 0.1) is 0 Å². The molecule has 8 aromatic rings. The fourth-order valence-electron chi connectivity index (χ4n) is 9.11. The number of hydrogen-bond acceptors (Lipinski definition) is 2. The standard InChI is InChI=1S/C54H46N2/c1-5-13-39(14-6-1)45-33-47(34-45)41-21-27-51(28-22-41)55(49-17-9-3-10-18-49)53-31-25-44-38-54(32-26-43(44)37-53)56(50-19-11-4-12-20-50)52-29-23-42(24-30-52)48-35-46(36-48)40-15-7-2-8-16-40/h1-32,37-38,45-48H,33-36H2. The Balaban J connectivity index is 0.914. The van der Waals surface area contributed by atoms with E-state index < -0.39 is 0 Å². The van der Waals surface area contributed by atoms with Gasteiger partial charge in [0, 0.05) is 34.1 Å². The van der Waals surface area contributed by atoms with Crippen LogP contribution in [0.25, 0.3) is 10.8 Å². The molecular weight excluding hydrogens is 677 g/mol. The lowest BCUT2D eigenvalue weighted by molar-refractivity contribution is 0.351. The zero-order chi connectivity index (χ0) is 37.3. The fourth-order valence-corrected chi connectivity index (χ4v) is 9.11. The van der Waals surface area contributed by atoms with Gasteiger partial charge < -0.3 is 9.80 Å². The van der Waals surface area contributed by atoms with Crippen molar-refractivity contribution in [1.82, 2.24) is 0 Å². The highest BCUT2D eigenvalue weighted by Crippen LogP contribution is 2.49. The first-order chi connectivity index (χ1) is 27.7. The van der Waals surface area contributed by atoms with E-state index >= 15 is 0 Å². The summed E-state index contributed by atoms with van der Waals surface area (Å²) in [6.45, 7) is 0. The second-order valence-corrected chi connectivity index (χ2v) is 15.8. The van der Waals surface area contributed by atoms with E-state index in [1.54, 1.807) is 0 Å². The molecule has 0 spiro atoms. The Morgan fingerprint density at radius 2 is 0.518 bits per heavy atom. The molecule has 0 aromatic heterocycles. The van der Waals surface area contributed by atoms with Gasteiger partial charge in [0.1, 0.15) is 0 Å². The molecule has 2 nitrogen and oxygen atoms in total. The van der Waals surface area contributed by atoms with Crippen LogP contribution in [0.1, 0.15) is 71.6 Å². The van der Waals surface area contributed by atoms with Crippen LogP contribution < -0.4 is 9.80 Å². The van der Waals surface area contributed by atoms with Crippen LogP contribution in [0.4, 0.5) is 34.1 Å². The van der Waals surface area contributed by atoms with Gasteiger partial charge >= 0.3 is 0 Å². The maximum atomic E-state index is 2.38. The third kappa shape index (κ3) is 6.77. The summed E-state index contributed by atoms with van der Waals surface area (Å²) in [5.74, 6) is 2.59. The monoisotopic (exact) mass is 722 g/mol. The minimum atomic E-state index is 0.623. The van der Waals surface area contributed by atoms with E-state index in [0.717, 1.165) is 22.7 Å². The van der Waals surface area contributed by atoms with Crippen molar-refractivity contribution >= 4 is 44.9 Å². The molecule has 0 atom stereocenters. The van der Waals surface area contributed by atoms with Gasteiger partial charge in [0.2, 0.25) is 0 Å². The molecule has 0 radical (unpaired) electrons. The molecule has 2 aliphatic rings. The van der Waals surface area contributed by atoms with Gasteiger partial charge in [-0.2, -0.15) is 0 Å². The van der Waals surface area contributed by atoms with Crippen molar-refractivity contribution in [3.05, 3.63) is 229 Å². The molecule has 2 fully saturated rings. The largest absolute Gasteiger partial charge is 0.310 e. The number of fused-ring (bicyclic) bond motifs is 1. The molecule has 56 heavy (non-hydrogen) atoms. The van der Waals surface area contributed by atoms with Crippen LogP contribution in [0.2, 0.25) is 0 Å². The van der Waals surface area contributed by atoms with E-state index in [-0.39, 0.29) is 0 Å². The van der Waals surface area contributed by atoms with Crippen LogP contribution in [0.5, 0.6) is 0 Å². The summed E-state index contributed by atoms with van der Waals surface area (Å²) in [7, 11) is 0. The molecule has 272 valence electrons. The Kier molecular flexibility index (Phi) is 9.17. The maximum Gasteiger partial charge on any atom is 0.0468 e. The first kappa shape index (κ1) is 34.1. The summed E-state index contributed by atoms with van der Waals surface area (Å²) < 4.78 is 0. The summed E-state index contributed by atoms with van der Waals surface area (Å²) in [5.41, 5.74) is 12.8. The van der Waals surface area contributed by atoms with Crippen molar-refractivity contribution in [3.63, 3.8) is 0 Å². The predicted molar refractivity (Wildman–Crippen MR) is 236 cm³/mol. The Labute approximate surface area is 331 Å². The number of nitrogens with zero attached hydrogens (tertiary/aromatic N) is 2. The lowest BCUT2D eigenvalue weighted by Gasteiger charge is -2.36. The second-order valence-electron chi connectivity index (χ2n) is 15.8. The van der Waals surface area contributed by atoms with Gasteiger partial charge in [-0.3, -0.25) is 0 Å². The molecule has 0 bridgehead atoms. The Hall–Kier alpha value is -6.38. The van der Waals surface area contributed by atoms with Gasteiger partial charge in [-0.15, -0.1) is 0 Å². The van der Waals surface area contributed by atoms with Crippen molar-refractivity contribution in [3.8, 4) is 0 Å². The van der Waals surface area contributed by atoms with E-state index in [9.17, 15) is 0 Å². The van der Waals surface area contributed by atoms with E-state index in [2.05, 4.69) is 216 Å². The van der Waals surface area contributed by atoms with Crippen LogP contribution in [-0.4, -0.2) is 0 Å². The maximum absolute atomic E-state index is 2.38. The SMILES string of the molecule is c1ccc(C2CC(c3ccc(N(c4ccccc4)c4ccc5cc(N(c6ccccc6)c6ccc(C7CC(c8ccccc8)C7)cc6)ccc5c4)cc3)C2)cc1. The zero-order valence-electron chi connectivity index (χ0n) is 31.7. The molecule has 0 unspecified atom stereocenters. The molecular formula is C54H46N2.